The van der Waals surface area contributed by atoms with Crippen LogP contribution in [0, 0.1) is 0 Å². The molecule has 0 amide bonds. The second kappa shape index (κ2) is 2.27. The highest BCUT2D eigenvalue weighted by Gasteiger charge is 1.88. The second-order valence-electron chi connectivity index (χ2n) is 1.39. The molecule has 0 saturated heterocycles. The van der Waals surface area contributed by atoms with E-state index < -0.39 is 0 Å². The maximum atomic E-state index is 5.29. The molecule has 0 aromatic heterocycles. The zero-order valence-electron chi connectivity index (χ0n) is 3.86. The molecule has 0 aliphatic heterocycles. The molecule has 0 rings (SSSR count). The lowest BCUT2D eigenvalue weighted by molar-refractivity contribution is 1.39. The van der Waals surface area contributed by atoms with Crippen LogP contribution in [0.4, 0.5) is 0 Å². The Bertz CT molecular complexity index is 20.9. The summed E-state index contributed by atoms with van der Waals surface area (Å²) in [6.07, 6.45) is 1.08. The van der Waals surface area contributed by atoms with Crippen molar-refractivity contribution in [3.05, 3.63) is 0 Å². The minimum Gasteiger partial charge on any atom is -0.370 e. The van der Waals surface area contributed by atoms with Crippen LogP contribution in [-0.2, 0) is 0 Å². The maximum absolute atomic E-state index is 5.29. The van der Waals surface area contributed by atoms with Crippen molar-refractivity contribution < 1.29 is 0 Å². The molecular formula is C3H10BN. The summed E-state index contributed by atoms with van der Waals surface area (Å²) in [4.78, 5) is 0. The molecule has 5 heavy (non-hydrogen) atoms. The van der Waals surface area contributed by atoms with Gasteiger partial charge in [-0.2, -0.15) is 0 Å². The van der Waals surface area contributed by atoms with Crippen LogP contribution < -0.4 is 5.64 Å². The fraction of sp³-hybridized carbons (Fsp3) is 1.00. The van der Waals surface area contributed by atoms with Gasteiger partial charge < -0.3 is 5.64 Å². The highest BCUT2D eigenvalue weighted by atomic mass is 14.4. The molecule has 0 unspecified atom stereocenters. The third-order valence-electron chi connectivity index (χ3n) is 0.644. The molecule has 1 nitrogen and oxygen atoms in total. The van der Waals surface area contributed by atoms with E-state index in [1.807, 2.05) is 6.82 Å². The number of hydrogen-bond donors (Lipinski definition) is 1. The van der Waals surface area contributed by atoms with Crippen LogP contribution in [0.1, 0.15) is 6.92 Å². The van der Waals surface area contributed by atoms with E-state index in [1.54, 1.807) is 0 Å². The Labute approximate surface area is 33.7 Å². The number of nitrogens with two attached hydrogens (primary N) is 1. The number of rotatable bonds is 1. The molecule has 30 valence electrons. The third kappa shape index (κ3) is 4.02. The summed E-state index contributed by atoms with van der Waals surface area (Å²) >= 11 is 0. The van der Waals surface area contributed by atoms with Crippen molar-refractivity contribution in [2.24, 2.45) is 5.64 Å². The van der Waals surface area contributed by atoms with E-state index in [9.17, 15) is 0 Å². The first kappa shape index (κ1) is 5.02. The average molecular weight is 70.9 g/mol. The van der Waals surface area contributed by atoms with Crippen molar-refractivity contribution in [3.8, 4) is 0 Å². The van der Waals surface area contributed by atoms with E-state index in [-0.39, 0.29) is 0 Å². The Hall–Kier alpha value is 0.0249. The highest BCUT2D eigenvalue weighted by molar-refractivity contribution is 6.53. The van der Waals surface area contributed by atoms with Crippen molar-refractivity contribution in [3.63, 3.8) is 0 Å². The summed E-state index contributed by atoms with van der Waals surface area (Å²) in [5, 5.41) is 0. The van der Waals surface area contributed by atoms with Gasteiger partial charge in [-0.15, -0.1) is 0 Å². The van der Waals surface area contributed by atoms with Crippen LogP contribution in [0.5, 0.6) is 0 Å². The topological polar surface area (TPSA) is 26.0 Å². The summed E-state index contributed by atoms with van der Waals surface area (Å²) < 4.78 is 0. The molecule has 0 radical (unpaired) electrons. The molecule has 0 saturated carbocycles. The minimum atomic E-state index is 0.384. The van der Waals surface area contributed by atoms with Crippen molar-refractivity contribution in [2.75, 3.05) is 0 Å². The SMILES string of the molecule is CCB(C)N. The molecule has 0 atom stereocenters. The van der Waals surface area contributed by atoms with Crippen molar-refractivity contribution in [1.29, 1.82) is 0 Å². The summed E-state index contributed by atoms with van der Waals surface area (Å²) in [7, 11) is 0. The van der Waals surface area contributed by atoms with Gasteiger partial charge in [-0.05, 0) is 0 Å². The summed E-state index contributed by atoms with van der Waals surface area (Å²) in [5.41, 5.74) is 5.29. The van der Waals surface area contributed by atoms with Gasteiger partial charge in [0.1, 0.15) is 0 Å². The quantitative estimate of drug-likeness (QED) is 0.449. The van der Waals surface area contributed by atoms with E-state index in [2.05, 4.69) is 6.92 Å². The molecule has 0 aliphatic rings. The van der Waals surface area contributed by atoms with E-state index in [0.717, 1.165) is 6.32 Å². The molecule has 0 spiro atoms. The van der Waals surface area contributed by atoms with Gasteiger partial charge in [-0.3, -0.25) is 0 Å². The van der Waals surface area contributed by atoms with Crippen LogP contribution in [0.2, 0.25) is 13.1 Å². The Morgan fingerprint density at radius 2 is 2.00 bits per heavy atom. The van der Waals surface area contributed by atoms with Crippen molar-refractivity contribution in [1.82, 2.24) is 0 Å². The summed E-state index contributed by atoms with van der Waals surface area (Å²) in [6.45, 7) is 4.46. The molecule has 0 bridgehead atoms. The van der Waals surface area contributed by atoms with Crippen LogP contribution in [0.15, 0.2) is 0 Å². The van der Waals surface area contributed by atoms with Gasteiger partial charge in [0.05, 0.1) is 0 Å². The molecule has 0 fully saturated rings. The summed E-state index contributed by atoms with van der Waals surface area (Å²) in [6, 6.07) is 0. The average Bonchev–Trinajstić information content (AvgIpc) is 1.38. The van der Waals surface area contributed by atoms with Gasteiger partial charge in [0.25, 0.3) is 0 Å². The fourth-order valence-corrected chi connectivity index (χ4v) is 0. The molecule has 2 heteroatoms. The molecule has 0 aromatic carbocycles. The van der Waals surface area contributed by atoms with E-state index in [1.165, 1.54) is 0 Å². The van der Waals surface area contributed by atoms with E-state index >= 15 is 0 Å². The zero-order chi connectivity index (χ0) is 4.28. The summed E-state index contributed by atoms with van der Waals surface area (Å²) in [5.74, 6) is 0. The van der Waals surface area contributed by atoms with Gasteiger partial charge in [0.2, 0.25) is 6.85 Å². The number of hydrogen-bond acceptors (Lipinski definition) is 1. The molecule has 2 N–H and O–H groups in total. The first-order valence-electron chi connectivity index (χ1n) is 2.03. The monoisotopic (exact) mass is 71.1 g/mol. The molecule has 0 heterocycles. The maximum Gasteiger partial charge on any atom is 0.214 e. The molecule has 0 aliphatic carbocycles. The lowest BCUT2D eigenvalue weighted by Gasteiger charge is -1.85. The Morgan fingerprint density at radius 1 is 1.80 bits per heavy atom. The van der Waals surface area contributed by atoms with Gasteiger partial charge >= 0.3 is 0 Å². The second-order valence-corrected chi connectivity index (χ2v) is 1.39. The predicted molar refractivity (Wildman–Crippen MR) is 26.3 cm³/mol. The molecular weight excluding hydrogens is 60.9 g/mol. The minimum absolute atomic E-state index is 0.384. The zero-order valence-corrected chi connectivity index (χ0v) is 3.86. The van der Waals surface area contributed by atoms with Crippen LogP contribution in [0.3, 0.4) is 0 Å². The Kier molecular flexibility index (Phi) is 2.28. The van der Waals surface area contributed by atoms with E-state index in [0.29, 0.717) is 6.85 Å². The first-order chi connectivity index (χ1) is 2.27. The van der Waals surface area contributed by atoms with Gasteiger partial charge in [-0.1, -0.05) is 20.1 Å². The van der Waals surface area contributed by atoms with E-state index in [4.69, 9.17) is 5.64 Å². The fourth-order valence-electron chi connectivity index (χ4n) is 0. The standard InChI is InChI=1S/C3H10BN/c1-3-4(2)5/h3,5H2,1-2H3. The van der Waals surface area contributed by atoms with Crippen LogP contribution in [0.25, 0.3) is 0 Å². The van der Waals surface area contributed by atoms with Crippen molar-refractivity contribution in [2.45, 2.75) is 20.1 Å². The Balaban J connectivity index is 2.54. The highest BCUT2D eigenvalue weighted by Crippen LogP contribution is 1.74. The van der Waals surface area contributed by atoms with Crippen molar-refractivity contribution >= 4 is 6.85 Å². The third-order valence-corrected chi connectivity index (χ3v) is 0.644. The van der Waals surface area contributed by atoms with Gasteiger partial charge in [0.15, 0.2) is 0 Å². The molecule has 0 aromatic rings. The van der Waals surface area contributed by atoms with Gasteiger partial charge in [0, 0.05) is 0 Å². The van der Waals surface area contributed by atoms with Crippen LogP contribution >= 0.6 is 0 Å². The predicted octanol–water partition coefficient (Wildman–Crippen LogP) is 0.586. The lowest BCUT2D eigenvalue weighted by Crippen LogP contribution is -2.17. The largest absolute Gasteiger partial charge is 0.370 e. The lowest BCUT2D eigenvalue weighted by atomic mass is 9.65. The normalized spacial score (nSPS) is 7.80. The first-order valence-corrected chi connectivity index (χ1v) is 2.03. The smallest absolute Gasteiger partial charge is 0.214 e. The van der Waals surface area contributed by atoms with Crippen LogP contribution in [-0.4, -0.2) is 6.85 Å². The van der Waals surface area contributed by atoms with Gasteiger partial charge in [-0.25, -0.2) is 0 Å². The Morgan fingerprint density at radius 3 is 2.00 bits per heavy atom.